The Labute approximate surface area is 268 Å². The number of halogens is 2. The van der Waals surface area contributed by atoms with Crippen molar-refractivity contribution in [2.45, 2.75) is 58.2 Å². The highest BCUT2D eigenvalue weighted by molar-refractivity contribution is 6.34. The molecule has 4 rings (SSSR count). The molecule has 1 N–H and O–H groups in total. The van der Waals surface area contributed by atoms with E-state index in [1.165, 1.54) is 11.1 Å². The Bertz CT molecular complexity index is 1360. The third-order valence-electron chi connectivity index (χ3n) is 7.31. The van der Waals surface area contributed by atoms with Crippen molar-refractivity contribution in [1.29, 1.82) is 0 Å². The van der Waals surface area contributed by atoms with Crippen LogP contribution in [0.1, 0.15) is 48.4 Å². The number of carbonyl (C=O) groups is 2. The lowest BCUT2D eigenvalue weighted by molar-refractivity contribution is -0.149. The quantitative estimate of drug-likeness (QED) is 0.153. The Hall–Kier alpha value is -3.30. The van der Waals surface area contributed by atoms with Crippen molar-refractivity contribution >= 4 is 35.3 Å². The van der Waals surface area contributed by atoms with Crippen LogP contribution in [-0.2, 0) is 40.1 Å². The first-order valence-corrected chi connectivity index (χ1v) is 15.7. The Morgan fingerprint density at radius 3 is 2.32 bits per heavy atom. The van der Waals surface area contributed by atoms with Gasteiger partial charge < -0.3 is 29.0 Å². The first-order valence-electron chi connectivity index (χ1n) is 15.0. The van der Waals surface area contributed by atoms with Crippen LogP contribution in [0.3, 0.4) is 0 Å². The minimum Gasteiger partial charge on any atom is -0.492 e. The van der Waals surface area contributed by atoms with E-state index in [4.69, 9.17) is 42.1 Å². The van der Waals surface area contributed by atoms with E-state index in [2.05, 4.69) is 0 Å². The number of carbonyl (C=O) groups excluding carboxylic acids is 1. The second-order valence-electron chi connectivity index (χ2n) is 10.7. The minimum absolute atomic E-state index is 0.265. The largest absolute Gasteiger partial charge is 0.492 e. The zero-order valence-corrected chi connectivity index (χ0v) is 26.4. The molecule has 3 aromatic rings. The van der Waals surface area contributed by atoms with Gasteiger partial charge in [0.1, 0.15) is 18.1 Å². The molecule has 1 aliphatic carbocycles. The normalized spacial score (nSPS) is 12.9. The second-order valence-corrected chi connectivity index (χ2v) is 11.5. The van der Waals surface area contributed by atoms with Crippen LogP contribution in [0.25, 0.3) is 0 Å². The second kappa shape index (κ2) is 17.3. The molecule has 0 spiro atoms. The topological polar surface area (TPSA) is 94.5 Å². The highest BCUT2D eigenvalue weighted by atomic mass is 35.5. The Balaban J connectivity index is 1.28. The van der Waals surface area contributed by atoms with Gasteiger partial charge in [-0.05, 0) is 104 Å². The van der Waals surface area contributed by atoms with E-state index in [1.54, 1.807) is 30.0 Å². The van der Waals surface area contributed by atoms with Crippen molar-refractivity contribution in [3.05, 3.63) is 93.0 Å². The van der Waals surface area contributed by atoms with Gasteiger partial charge in [-0.3, -0.25) is 0 Å². The number of hydrogen-bond acceptors (Lipinski definition) is 6. The molecule has 1 atom stereocenters. The van der Waals surface area contributed by atoms with Crippen molar-refractivity contribution < 1.29 is 33.6 Å². The van der Waals surface area contributed by atoms with Gasteiger partial charge >= 0.3 is 12.1 Å². The van der Waals surface area contributed by atoms with Crippen LogP contribution in [-0.4, -0.2) is 61.1 Å². The lowest BCUT2D eigenvalue weighted by Crippen LogP contribution is -2.37. The summed E-state index contributed by atoms with van der Waals surface area (Å²) in [6.07, 6.45) is 3.60. The van der Waals surface area contributed by atoms with Crippen LogP contribution in [0.4, 0.5) is 4.79 Å². The van der Waals surface area contributed by atoms with Gasteiger partial charge in [-0.15, -0.1) is 0 Å². The maximum absolute atomic E-state index is 13.2. The van der Waals surface area contributed by atoms with E-state index in [0.29, 0.717) is 54.5 Å². The maximum atomic E-state index is 13.2. The summed E-state index contributed by atoms with van der Waals surface area (Å²) in [6.45, 7) is 4.10. The monoisotopic (exact) mass is 643 g/mol. The number of fused-ring (bicyclic) bond motifs is 1. The average Bonchev–Trinajstić information content (AvgIpc) is 3.46. The third kappa shape index (κ3) is 10.7. The van der Waals surface area contributed by atoms with E-state index >= 15 is 0 Å². The van der Waals surface area contributed by atoms with Gasteiger partial charge in [-0.2, -0.15) is 0 Å². The number of aliphatic carboxylic acids is 1. The molecule has 0 heterocycles. The molecule has 236 valence electrons. The summed E-state index contributed by atoms with van der Waals surface area (Å²) in [5.41, 5.74) is 4.29. The summed E-state index contributed by atoms with van der Waals surface area (Å²) in [4.78, 5) is 26.2. The number of ether oxygens (including phenoxy) is 4. The molecule has 44 heavy (non-hydrogen) atoms. The summed E-state index contributed by atoms with van der Waals surface area (Å²) in [5, 5.41) is 10.5. The molecule has 3 aromatic carbocycles. The van der Waals surface area contributed by atoms with Crippen molar-refractivity contribution in [3.8, 4) is 11.5 Å². The molecule has 0 bridgehead atoms. The molecular formula is C34H39Cl2NO7. The summed E-state index contributed by atoms with van der Waals surface area (Å²) >= 11 is 12.1. The number of carboxylic acids is 1. The number of amides is 1. The standard InChI is InChI=1S/C34H39Cl2NO7/c1-2-42-32(33(38)39)20-24-8-11-30(12-9-24)43-17-15-37(34(40)44-31-13-10-26-6-5-7-27(26)21-31)14-3-4-16-41-23-25-18-28(35)22-29(36)19-25/h8-13,18-19,21-22,32H,2-7,14-17,20,23H2,1H3,(H,38,39). The fourth-order valence-corrected chi connectivity index (χ4v) is 5.66. The number of aryl methyl sites for hydroxylation is 2. The SMILES string of the molecule is CCOC(Cc1ccc(OCCN(CCCCOCc2cc(Cl)cc(Cl)c2)C(=O)Oc2ccc3c(c2)CCC3)cc1)C(=O)O. The molecule has 0 saturated heterocycles. The smallest absolute Gasteiger partial charge is 0.415 e. The molecular weight excluding hydrogens is 605 g/mol. The molecule has 10 heteroatoms. The molecule has 8 nitrogen and oxygen atoms in total. The van der Waals surface area contributed by atoms with Gasteiger partial charge in [-0.1, -0.05) is 41.4 Å². The Morgan fingerprint density at radius 2 is 1.59 bits per heavy atom. The van der Waals surface area contributed by atoms with E-state index in [1.807, 2.05) is 42.5 Å². The van der Waals surface area contributed by atoms with Crippen LogP contribution in [0.5, 0.6) is 11.5 Å². The number of hydrogen-bond donors (Lipinski definition) is 1. The van der Waals surface area contributed by atoms with Crippen molar-refractivity contribution in [2.24, 2.45) is 0 Å². The summed E-state index contributed by atoms with van der Waals surface area (Å²) in [5.74, 6) is 0.183. The average molecular weight is 645 g/mol. The lowest BCUT2D eigenvalue weighted by atomic mass is 10.1. The molecule has 0 saturated carbocycles. The van der Waals surface area contributed by atoms with E-state index in [9.17, 15) is 14.7 Å². The lowest BCUT2D eigenvalue weighted by Gasteiger charge is -2.22. The number of rotatable bonds is 17. The van der Waals surface area contributed by atoms with Crippen LogP contribution in [0, 0.1) is 0 Å². The number of nitrogens with zero attached hydrogens (tertiary/aromatic N) is 1. The molecule has 1 unspecified atom stereocenters. The van der Waals surface area contributed by atoms with E-state index < -0.39 is 18.2 Å². The molecule has 0 aromatic heterocycles. The highest BCUT2D eigenvalue weighted by Crippen LogP contribution is 2.26. The number of unbranched alkanes of at least 4 members (excludes halogenated alkanes) is 1. The fourth-order valence-electron chi connectivity index (χ4n) is 5.09. The summed E-state index contributed by atoms with van der Waals surface area (Å²) in [6, 6.07) is 18.4. The fraction of sp³-hybridized carbons (Fsp3) is 0.412. The maximum Gasteiger partial charge on any atom is 0.415 e. The first kappa shape index (κ1) is 33.6. The molecule has 0 aliphatic heterocycles. The van der Waals surface area contributed by atoms with Crippen LogP contribution in [0.15, 0.2) is 60.7 Å². The zero-order chi connectivity index (χ0) is 31.3. The Kier molecular flexibility index (Phi) is 13.2. The predicted molar refractivity (Wildman–Crippen MR) is 170 cm³/mol. The van der Waals surface area contributed by atoms with Crippen LogP contribution >= 0.6 is 23.2 Å². The molecule has 0 radical (unpaired) electrons. The molecule has 1 amide bonds. The third-order valence-corrected chi connectivity index (χ3v) is 7.75. The van der Waals surface area contributed by atoms with Crippen LogP contribution in [0.2, 0.25) is 10.0 Å². The van der Waals surface area contributed by atoms with Gasteiger partial charge in [-0.25, -0.2) is 9.59 Å². The minimum atomic E-state index is -0.989. The first-order chi connectivity index (χ1) is 21.3. The predicted octanol–water partition coefficient (Wildman–Crippen LogP) is 7.39. The number of carboxylic acid groups (broad SMARTS) is 1. The Morgan fingerprint density at radius 1 is 0.864 bits per heavy atom. The van der Waals surface area contributed by atoms with Gasteiger partial charge in [0.05, 0.1) is 13.2 Å². The van der Waals surface area contributed by atoms with Crippen LogP contribution < -0.4 is 9.47 Å². The van der Waals surface area contributed by atoms with Gasteiger partial charge in [0.25, 0.3) is 0 Å². The number of benzene rings is 3. The van der Waals surface area contributed by atoms with Crippen molar-refractivity contribution in [3.63, 3.8) is 0 Å². The summed E-state index contributed by atoms with van der Waals surface area (Å²) in [7, 11) is 0. The van der Waals surface area contributed by atoms with Gasteiger partial charge in [0.15, 0.2) is 6.10 Å². The summed E-state index contributed by atoms with van der Waals surface area (Å²) < 4.78 is 22.8. The van der Waals surface area contributed by atoms with Gasteiger partial charge in [0.2, 0.25) is 0 Å². The van der Waals surface area contributed by atoms with E-state index in [-0.39, 0.29) is 13.0 Å². The molecule has 1 aliphatic rings. The van der Waals surface area contributed by atoms with E-state index in [0.717, 1.165) is 43.2 Å². The zero-order valence-electron chi connectivity index (χ0n) is 24.9. The highest BCUT2D eigenvalue weighted by Gasteiger charge is 2.19. The van der Waals surface area contributed by atoms with Gasteiger partial charge in [0, 0.05) is 36.2 Å². The van der Waals surface area contributed by atoms with Crippen molar-refractivity contribution in [1.82, 2.24) is 4.90 Å². The van der Waals surface area contributed by atoms with Crippen molar-refractivity contribution in [2.75, 3.05) is 32.9 Å². The molecule has 0 fully saturated rings.